The van der Waals surface area contributed by atoms with E-state index in [1.165, 1.54) is 64.5 Å². The third kappa shape index (κ3) is 2.79. The number of nitrogens with zero attached hydrogens (tertiary/aromatic N) is 1. The Hall–Kier alpha value is -0.0800. The van der Waals surface area contributed by atoms with Gasteiger partial charge in [0, 0.05) is 11.6 Å². The van der Waals surface area contributed by atoms with Gasteiger partial charge in [-0.25, -0.2) is 0 Å². The van der Waals surface area contributed by atoms with Crippen LogP contribution in [0.15, 0.2) is 0 Å². The molecule has 21 heavy (non-hydrogen) atoms. The molecule has 3 aliphatic rings. The third-order valence-electron chi connectivity index (χ3n) is 7.28. The van der Waals surface area contributed by atoms with Crippen molar-refractivity contribution >= 4 is 0 Å². The van der Waals surface area contributed by atoms with Crippen molar-refractivity contribution in [1.29, 1.82) is 0 Å². The zero-order valence-corrected chi connectivity index (χ0v) is 14.5. The van der Waals surface area contributed by atoms with E-state index in [2.05, 4.69) is 31.1 Å². The molecule has 122 valence electrons. The normalized spacial score (nSPS) is 35.7. The van der Waals surface area contributed by atoms with Gasteiger partial charge in [0.2, 0.25) is 0 Å². The predicted octanol–water partition coefficient (Wildman–Crippen LogP) is 4.06. The van der Waals surface area contributed by atoms with E-state index in [1.807, 2.05) is 0 Å². The summed E-state index contributed by atoms with van der Waals surface area (Å²) in [6.45, 7) is 7.14. The summed E-state index contributed by atoms with van der Waals surface area (Å²) in [5.41, 5.74) is 0.458. The van der Waals surface area contributed by atoms with E-state index in [0.29, 0.717) is 11.6 Å². The van der Waals surface area contributed by atoms with Crippen LogP contribution in [-0.2, 0) is 0 Å². The number of hydrogen-bond donors (Lipinski definition) is 1. The molecule has 1 N–H and O–H groups in total. The summed E-state index contributed by atoms with van der Waals surface area (Å²) < 4.78 is 0. The Morgan fingerprint density at radius 3 is 2.29 bits per heavy atom. The van der Waals surface area contributed by atoms with Gasteiger partial charge in [-0.05, 0) is 76.4 Å². The van der Waals surface area contributed by atoms with Crippen molar-refractivity contribution in [3.63, 3.8) is 0 Å². The van der Waals surface area contributed by atoms with Gasteiger partial charge in [0.25, 0.3) is 0 Å². The van der Waals surface area contributed by atoms with Crippen LogP contribution >= 0.6 is 0 Å². The van der Waals surface area contributed by atoms with E-state index in [9.17, 15) is 0 Å². The maximum absolute atomic E-state index is 3.78. The molecule has 0 aromatic rings. The molecule has 0 aliphatic heterocycles. The molecule has 0 aromatic carbocycles. The minimum atomic E-state index is 0.458. The van der Waals surface area contributed by atoms with Crippen molar-refractivity contribution in [2.24, 2.45) is 17.8 Å². The average molecular weight is 293 g/mol. The van der Waals surface area contributed by atoms with Gasteiger partial charge in [-0.2, -0.15) is 0 Å². The lowest BCUT2D eigenvalue weighted by Gasteiger charge is -2.47. The van der Waals surface area contributed by atoms with E-state index in [4.69, 9.17) is 0 Å². The minimum Gasteiger partial charge on any atom is -0.315 e. The Labute approximate surface area is 132 Å². The molecule has 3 fully saturated rings. The number of hydrogen-bond acceptors (Lipinski definition) is 2. The Bertz CT molecular complexity index is 330. The highest BCUT2D eigenvalue weighted by molar-refractivity contribution is 5.05. The van der Waals surface area contributed by atoms with Crippen LogP contribution in [0.2, 0.25) is 0 Å². The summed E-state index contributed by atoms with van der Waals surface area (Å²) in [6, 6.07) is 0.712. The summed E-state index contributed by atoms with van der Waals surface area (Å²) in [5.74, 6) is 3.18. The van der Waals surface area contributed by atoms with Crippen LogP contribution in [-0.4, -0.2) is 36.6 Å². The second-order valence-corrected chi connectivity index (χ2v) is 7.99. The zero-order valence-electron chi connectivity index (χ0n) is 14.5. The van der Waals surface area contributed by atoms with Crippen molar-refractivity contribution in [3.8, 4) is 0 Å². The number of nitrogens with one attached hydrogen (secondary N) is 1. The van der Waals surface area contributed by atoms with Crippen LogP contribution in [0.5, 0.6) is 0 Å². The Kier molecular flexibility index (Phi) is 4.95. The molecule has 0 amide bonds. The predicted molar refractivity (Wildman–Crippen MR) is 90.5 cm³/mol. The van der Waals surface area contributed by atoms with Gasteiger partial charge in [0.15, 0.2) is 0 Å². The fourth-order valence-corrected chi connectivity index (χ4v) is 6.30. The van der Waals surface area contributed by atoms with Gasteiger partial charge in [0.1, 0.15) is 0 Å². The highest BCUT2D eigenvalue weighted by Crippen LogP contribution is 2.51. The smallest absolute Gasteiger partial charge is 0.0362 e. The summed E-state index contributed by atoms with van der Waals surface area (Å²) in [4.78, 5) is 2.79. The first-order valence-electron chi connectivity index (χ1n) is 9.65. The van der Waals surface area contributed by atoms with Crippen LogP contribution in [0, 0.1) is 17.8 Å². The molecule has 3 saturated carbocycles. The fraction of sp³-hybridized carbons (Fsp3) is 1.00. The maximum Gasteiger partial charge on any atom is 0.0362 e. The second-order valence-electron chi connectivity index (χ2n) is 7.99. The molecule has 3 aliphatic carbocycles. The molecule has 4 unspecified atom stereocenters. The van der Waals surface area contributed by atoms with Gasteiger partial charge < -0.3 is 5.32 Å². The first kappa shape index (κ1) is 15.8. The van der Waals surface area contributed by atoms with Crippen LogP contribution in [0.1, 0.15) is 71.6 Å². The molecule has 0 radical (unpaired) electrons. The molecule has 3 rings (SSSR count). The first-order chi connectivity index (χ1) is 10.2. The largest absolute Gasteiger partial charge is 0.315 e. The summed E-state index contributed by atoms with van der Waals surface area (Å²) in [7, 11) is 2.22. The quantitative estimate of drug-likeness (QED) is 0.761. The lowest BCUT2D eigenvalue weighted by molar-refractivity contribution is 0.0516. The van der Waals surface area contributed by atoms with E-state index in [-0.39, 0.29) is 0 Å². The molecule has 4 atom stereocenters. The standard InChI is InChI=1S/C19H36N2/c1-4-21(5-2)19(10-6-7-11-19)18(20-3)14-17-13-15-8-9-16(17)12-15/h15-18,20H,4-14H2,1-3H3. The van der Waals surface area contributed by atoms with Gasteiger partial charge >= 0.3 is 0 Å². The number of likely N-dealkylation sites (N-methyl/N-ethyl adjacent to an activating group) is 2. The highest BCUT2D eigenvalue weighted by atomic mass is 15.2. The summed E-state index contributed by atoms with van der Waals surface area (Å²) in [5, 5.41) is 3.78. The monoisotopic (exact) mass is 292 g/mol. The Morgan fingerprint density at radius 1 is 1.10 bits per heavy atom. The van der Waals surface area contributed by atoms with Crippen molar-refractivity contribution in [2.75, 3.05) is 20.1 Å². The second kappa shape index (κ2) is 6.58. The Balaban J connectivity index is 1.73. The molecular weight excluding hydrogens is 256 g/mol. The average Bonchev–Trinajstić information content (AvgIpc) is 3.22. The van der Waals surface area contributed by atoms with Gasteiger partial charge in [-0.15, -0.1) is 0 Å². The summed E-state index contributed by atoms with van der Waals surface area (Å²) >= 11 is 0. The lowest BCUT2D eigenvalue weighted by Crippen LogP contribution is -2.59. The summed E-state index contributed by atoms with van der Waals surface area (Å²) in [6.07, 6.45) is 13.3. The van der Waals surface area contributed by atoms with Crippen molar-refractivity contribution in [2.45, 2.75) is 83.2 Å². The van der Waals surface area contributed by atoms with Crippen LogP contribution in [0.3, 0.4) is 0 Å². The zero-order chi connectivity index (χ0) is 14.9. The van der Waals surface area contributed by atoms with Crippen molar-refractivity contribution in [1.82, 2.24) is 10.2 Å². The molecule has 2 bridgehead atoms. The topological polar surface area (TPSA) is 15.3 Å². The van der Waals surface area contributed by atoms with Gasteiger partial charge in [-0.1, -0.05) is 33.1 Å². The van der Waals surface area contributed by atoms with E-state index in [1.54, 1.807) is 6.42 Å². The number of rotatable bonds is 7. The van der Waals surface area contributed by atoms with E-state index >= 15 is 0 Å². The molecular formula is C19H36N2. The number of fused-ring (bicyclic) bond motifs is 2. The molecule has 0 aromatic heterocycles. The maximum atomic E-state index is 3.78. The molecule has 2 heteroatoms. The molecule has 2 nitrogen and oxygen atoms in total. The Morgan fingerprint density at radius 2 is 1.81 bits per heavy atom. The lowest BCUT2D eigenvalue weighted by atomic mass is 9.76. The first-order valence-corrected chi connectivity index (χ1v) is 9.65. The molecule has 0 spiro atoms. The fourth-order valence-electron chi connectivity index (χ4n) is 6.30. The van der Waals surface area contributed by atoms with E-state index < -0.39 is 0 Å². The van der Waals surface area contributed by atoms with Crippen LogP contribution in [0.25, 0.3) is 0 Å². The highest BCUT2D eigenvalue weighted by Gasteiger charge is 2.47. The van der Waals surface area contributed by atoms with Gasteiger partial charge in [-0.3, -0.25) is 4.90 Å². The minimum absolute atomic E-state index is 0.458. The van der Waals surface area contributed by atoms with Crippen molar-refractivity contribution < 1.29 is 0 Å². The third-order valence-corrected chi connectivity index (χ3v) is 7.28. The van der Waals surface area contributed by atoms with E-state index in [0.717, 1.165) is 17.8 Å². The molecule has 0 saturated heterocycles. The van der Waals surface area contributed by atoms with Crippen LogP contribution < -0.4 is 5.32 Å². The van der Waals surface area contributed by atoms with Gasteiger partial charge in [0.05, 0.1) is 0 Å². The van der Waals surface area contributed by atoms with Crippen molar-refractivity contribution in [3.05, 3.63) is 0 Å². The SMILES string of the molecule is CCN(CC)C1(C(CC2CC3CCC2C3)NC)CCCC1. The molecule has 0 heterocycles. The van der Waals surface area contributed by atoms with Crippen LogP contribution in [0.4, 0.5) is 0 Å².